The Morgan fingerprint density at radius 1 is 1.13 bits per heavy atom. The minimum atomic E-state index is -0.590. The molecule has 2 aromatic rings. The molecule has 0 aliphatic heterocycles. The van der Waals surface area contributed by atoms with Gasteiger partial charge >= 0.3 is 0 Å². The zero-order valence-corrected chi connectivity index (χ0v) is 13.5. The lowest BCUT2D eigenvalue weighted by molar-refractivity contribution is -0.132. The molecule has 2 aromatic carbocycles. The standard InChI is InChI=1S/C19H23NO3/c1-14(8-9-15-10-12-17(21)13-11-15)20-19(22)18(23-2)16-6-4-3-5-7-16/h3-7,10-14,18,21H,8-9H2,1-2H3,(H,20,22). The number of ether oxygens (including phenoxy) is 1. The second-order valence-corrected chi connectivity index (χ2v) is 5.64. The van der Waals surface area contributed by atoms with Gasteiger partial charge in [-0.05, 0) is 43.0 Å². The molecule has 4 heteroatoms. The third-order valence-electron chi connectivity index (χ3n) is 3.77. The molecule has 23 heavy (non-hydrogen) atoms. The van der Waals surface area contributed by atoms with Gasteiger partial charge in [0.1, 0.15) is 5.75 Å². The van der Waals surface area contributed by atoms with E-state index in [4.69, 9.17) is 4.74 Å². The Labute approximate surface area is 137 Å². The van der Waals surface area contributed by atoms with Crippen LogP contribution in [0.15, 0.2) is 54.6 Å². The lowest BCUT2D eigenvalue weighted by Crippen LogP contribution is -2.37. The van der Waals surface area contributed by atoms with Gasteiger partial charge in [-0.1, -0.05) is 42.5 Å². The highest BCUT2D eigenvalue weighted by Crippen LogP contribution is 2.17. The number of hydrogen-bond acceptors (Lipinski definition) is 3. The number of phenolic OH excluding ortho intramolecular Hbond substituents is 1. The Balaban J connectivity index is 1.87. The van der Waals surface area contributed by atoms with Gasteiger partial charge in [-0.3, -0.25) is 4.79 Å². The van der Waals surface area contributed by atoms with Gasteiger partial charge in [0.25, 0.3) is 5.91 Å². The van der Waals surface area contributed by atoms with Crippen LogP contribution < -0.4 is 5.32 Å². The van der Waals surface area contributed by atoms with Crippen LogP contribution in [0, 0.1) is 0 Å². The molecule has 2 N–H and O–H groups in total. The first-order valence-corrected chi connectivity index (χ1v) is 7.76. The topological polar surface area (TPSA) is 58.6 Å². The summed E-state index contributed by atoms with van der Waals surface area (Å²) in [5.74, 6) is 0.137. The largest absolute Gasteiger partial charge is 0.508 e. The number of hydrogen-bond donors (Lipinski definition) is 2. The summed E-state index contributed by atoms with van der Waals surface area (Å²) in [7, 11) is 1.54. The normalized spacial score (nSPS) is 13.3. The van der Waals surface area contributed by atoms with Crippen molar-refractivity contribution in [2.75, 3.05) is 7.11 Å². The fourth-order valence-electron chi connectivity index (χ4n) is 2.46. The minimum Gasteiger partial charge on any atom is -0.508 e. The van der Waals surface area contributed by atoms with E-state index in [0.29, 0.717) is 0 Å². The predicted molar refractivity (Wildman–Crippen MR) is 90.2 cm³/mol. The number of aromatic hydroxyl groups is 1. The van der Waals surface area contributed by atoms with Crippen LogP contribution in [0.5, 0.6) is 5.75 Å². The molecule has 0 spiro atoms. The molecule has 0 radical (unpaired) electrons. The van der Waals surface area contributed by atoms with Gasteiger partial charge in [0.2, 0.25) is 0 Å². The first-order valence-electron chi connectivity index (χ1n) is 7.76. The van der Waals surface area contributed by atoms with E-state index in [-0.39, 0.29) is 17.7 Å². The highest BCUT2D eigenvalue weighted by atomic mass is 16.5. The molecule has 122 valence electrons. The molecule has 2 rings (SSSR count). The predicted octanol–water partition coefficient (Wildman–Crippen LogP) is 3.22. The molecule has 0 saturated carbocycles. The Morgan fingerprint density at radius 3 is 2.39 bits per heavy atom. The summed E-state index contributed by atoms with van der Waals surface area (Å²) in [6.07, 6.45) is 1.07. The van der Waals surface area contributed by atoms with Gasteiger partial charge in [-0.25, -0.2) is 0 Å². The molecule has 0 bridgehead atoms. The summed E-state index contributed by atoms with van der Waals surface area (Å²) in [4.78, 5) is 12.4. The summed E-state index contributed by atoms with van der Waals surface area (Å²) < 4.78 is 5.34. The van der Waals surface area contributed by atoms with Gasteiger partial charge < -0.3 is 15.2 Å². The van der Waals surface area contributed by atoms with Crippen LogP contribution >= 0.6 is 0 Å². The number of benzene rings is 2. The van der Waals surface area contributed by atoms with E-state index in [1.54, 1.807) is 19.2 Å². The van der Waals surface area contributed by atoms with Crippen molar-refractivity contribution in [3.05, 3.63) is 65.7 Å². The van der Waals surface area contributed by atoms with E-state index in [1.807, 2.05) is 49.4 Å². The van der Waals surface area contributed by atoms with Crippen molar-refractivity contribution in [2.45, 2.75) is 31.9 Å². The van der Waals surface area contributed by atoms with E-state index < -0.39 is 6.10 Å². The van der Waals surface area contributed by atoms with Crippen molar-refractivity contribution in [3.63, 3.8) is 0 Å². The molecular weight excluding hydrogens is 290 g/mol. The minimum absolute atomic E-state index is 0.0395. The third kappa shape index (κ3) is 5.11. The van der Waals surface area contributed by atoms with Crippen molar-refractivity contribution in [2.24, 2.45) is 0 Å². The lowest BCUT2D eigenvalue weighted by atomic mass is 10.0. The van der Waals surface area contributed by atoms with Crippen molar-refractivity contribution in [1.82, 2.24) is 5.32 Å². The van der Waals surface area contributed by atoms with Crippen LogP contribution in [0.2, 0.25) is 0 Å². The van der Waals surface area contributed by atoms with Crippen LogP contribution in [-0.4, -0.2) is 24.2 Å². The number of carbonyl (C=O) groups excluding carboxylic acids is 1. The molecule has 2 unspecified atom stereocenters. The van der Waals surface area contributed by atoms with Gasteiger partial charge in [-0.2, -0.15) is 0 Å². The molecule has 2 atom stereocenters. The second-order valence-electron chi connectivity index (χ2n) is 5.64. The number of rotatable bonds is 7. The highest BCUT2D eigenvalue weighted by Gasteiger charge is 2.21. The Hall–Kier alpha value is -2.33. The van der Waals surface area contributed by atoms with Crippen LogP contribution in [0.1, 0.15) is 30.6 Å². The zero-order chi connectivity index (χ0) is 16.7. The highest BCUT2D eigenvalue weighted by molar-refractivity contribution is 5.82. The monoisotopic (exact) mass is 313 g/mol. The van der Waals surface area contributed by atoms with Crippen molar-refractivity contribution in [3.8, 4) is 5.75 Å². The molecule has 0 aromatic heterocycles. The molecule has 0 fully saturated rings. The summed E-state index contributed by atoms with van der Waals surface area (Å²) >= 11 is 0. The van der Waals surface area contributed by atoms with Gasteiger partial charge in [-0.15, -0.1) is 0 Å². The van der Waals surface area contributed by atoms with Crippen molar-refractivity contribution >= 4 is 5.91 Å². The summed E-state index contributed by atoms with van der Waals surface area (Å²) in [6, 6.07) is 16.6. The van der Waals surface area contributed by atoms with Crippen LogP contribution in [0.4, 0.5) is 0 Å². The summed E-state index contributed by atoms with van der Waals surface area (Å²) in [5, 5.41) is 12.3. The number of nitrogens with one attached hydrogen (secondary N) is 1. The van der Waals surface area contributed by atoms with E-state index in [1.165, 1.54) is 0 Å². The van der Waals surface area contributed by atoms with E-state index in [2.05, 4.69) is 5.32 Å². The number of methoxy groups -OCH3 is 1. The molecule has 0 aliphatic carbocycles. The fourth-order valence-corrected chi connectivity index (χ4v) is 2.46. The number of phenols is 1. The average molecular weight is 313 g/mol. The Bertz CT molecular complexity index is 610. The maximum atomic E-state index is 12.4. The van der Waals surface area contributed by atoms with E-state index in [9.17, 15) is 9.90 Å². The van der Waals surface area contributed by atoms with Crippen LogP contribution in [0.3, 0.4) is 0 Å². The summed E-state index contributed by atoms with van der Waals surface area (Å²) in [6.45, 7) is 1.98. The smallest absolute Gasteiger partial charge is 0.253 e. The molecule has 0 saturated heterocycles. The fraction of sp³-hybridized carbons (Fsp3) is 0.316. The van der Waals surface area contributed by atoms with Crippen LogP contribution in [-0.2, 0) is 16.0 Å². The lowest BCUT2D eigenvalue weighted by Gasteiger charge is -2.19. The average Bonchev–Trinajstić information content (AvgIpc) is 2.56. The number of carbonyl (C=O) groups is 1. The molecule has 1 amide bonds. The van der Waals surface area contributed by atoms with Crippen molar-refractivity contribution < 1.29 is 14.6 Å². The van der Waals surface area contributed by atoms with Gasteiger partial charge in [0, 0.05) is 13.2 Å². The first kappa shape index (κ1) is 17.0. The quantitative estimate of drug-likeness (QED) is 0.825. The Kier molecular flexibility index (Phi) is 6.18. The van der Waals surface area contributed by atoms with Gasteiger partial charge in [0.15, 0.2) is 6.10 Å². The molecular formula is C19H23NO3. The molecule has 0 heterocycles. The number of aryl methyl sites for hydroxylation is 1. The van der Waals surface area contributed by atoms with Crippen LogP contribution in [0.25, 0.3) is 0 Å². The van der Waals surface area contributed by atoms with Gasteiger partial charge in [0.05, 0.1) is 0 Å². The second kappa shape index (κ2) is 8.34. The third-order valence-corrected chi connectivity index (χ3v) is 3.77. The summed E-state index contributed by atoms with van der Waals surface area (Å²) in [5.41, 5.74) is 1.98. The first-order chi connectivity index (χ1) is 11.1. The Morgan fingerprint density at radius 2 is 1.78 bits per heavy atom. The van der Waals surface area contributed by atoms with E-state index in [0.717, 1.165) is 24.0 Å². The molecule has 0 aliphatic rings. The number of amides is 1. The SMILES string of the molecule is COC(C(=O)NC(C)CCc1ccc(O)cc1)c1ccccc1. The van der Waals surface area contributed by atoms with Crippen molar-refractivity contribution in [1.29, 1.82) is 0 Å². The zero-order valence-electron chi connectivity index (χ0n) is 13.5. The maximum absolute atomic E-state index is 12.4. The maximum Gasteiger partial charge on any atom is 0.253 e. The molecule has 4 nitrogen and oxygen atoms in total. The van der Waals surface area contributed by atoms with E-state index >= 15 is 0 Å².